The summed E-state index contributed by atoms with van der Waals surface area (Å²) in [7, 11) is 0. The Labute approximate surface area is 119 Å². The molecule has 0 fully saturated rings. The number of halogens is 1. The van der Waals surface area contributed by atoms with E-state index < -0.39 is 0 Å². The fourth-order valence-corrected chi connectivity index (χ4v) is 2.44. The number of rotatable bonds is 4. The Morgan fingerprint density at radius 2 is 2.32 bits per heavy atom. The molecule has 19 heavy (non-hydrogen) atoms. The van der Waals surface area contributed by atoms with Crippen LogP contribution in [0.1, 0.15) is 5.69 Å². The van der Waals surface area contributed by atoms with Gasteiger partial charge in [-0.15, -0.1) is 11.8 Å². The summed E-state index contributed by atoms with van der Waals surface area (Å²) in [5.41, 5.74) is 6.98. The molecule has 0 spiro atoms. The maximum Gasteiger partial charge on any atom is 0.237 e. The van der Waals surface area contributed by atoms with E-state index in [0.717, 1.165) is 4.90 Å². The largest absolute Gasteiger partial charge is 0.399 e. The lowest BCUT2D eigenvalue weighted by Gasteiger charge is -2.05. The molecule has 0 unspecified atom stereocenters. The van der Waals surface area contributed by atoms with Gasteiger partial charge in [-0.3, -0.25) is 10.1 Å². The molecule has 2 aromatic rings. The first-order valence-electron chi connectivity index (χ1n) is 5.45. The zero-order valence-electron chi connectivity index (χ0n) is 10.1. The summed E-state index contributed by atoms with van der Waals surface area (Å²) in [4.78, 5) is 12.5. The number of carbonyl (C=O) groups excluding carboxylic acids is 1. The first kappa shape index (κ1) is 13.8. The number of amides is 1. The van der Waals surface area contributed by atoms with E-state index in [-0.39, 0.29) is 11.7 Å². The lowest BCUT2D eigenvalue weighted by Crippen LogP contribution is -2.13. The van der Waals surface area contributed by atoms with Gasteiger partial charge in [0, 0.05) is 16.6 Å². The lowest BCUT2D eigenvalue weighted by atomic mass is 10.3. The van der Waals surface area contributed by atoms with E-state index in [2.05, 4.69) is 10.5 Å². The van der Waals surface area contributed by atoms with Crippen LogP contribution in [0.2, 0.25) is 5.02 Å². The van der Waals surface area contributed by atoms with Gasteiger partial charge >= 0.3 is 0 Å². The van der Waals surface area contributed by atoms with Crippen molar-refractivity contribution in [1.29, 1.82) is 0 Å². The van der Waals surface area contributed by atoms with Gasteiger partial charge in [0.15, 0.2) is 0 Å². The van der Waals surface area contributed by atoms with Crippen molar-refractivity contribution in [2.75, 3.05) is 16.8 Å². The Morgan fingerprint density at radius 3 is 3.00 bits per heavy atom. The fraction of sp³-hybridized carbons (Fsp3) is 0.167. The lowest BCUT2D eigenvalue weighted by molar-refractivity contribution is -0.113. The minimum absolute atomic E-state index is 0.195. The van der Waals surface area contributed by atoms with Crippen LogP contribution in [0.15, 0.2) is 33.7 Å². The summed E-state index contributed by atoms with van der Waals surface area (Å²) in [5.74, 6) is 0.351. The molecule has 1 amide bonds. The first-order chi connectivity index (χ1) is 9.04. The Balaban J connectivity index is 1.91. The molecule has 0 radical (unpaired) electrons. The molecule has 0 aliphatic heterocycles. The van der Waals surface area contributed by atoms with E-state index in [4.69, 9.17) is 21.9 Å². The number of aromatic nitrogens is 1. The number of thioether (sulfide) groups is 1. The van der Waals surface area contributed by atoms with Crippen molar-refractivity contribution in [3.63, 3.8) is 0 Å². The second-order valence-corrected chi connectivity index (χ2v) is 5.28. The number of anilines is 2. The molecule has 0 bridgehead atoms. The number of aryl methyl sites for hydroxylation is 1. The molecule has 1 heterocycles. The Morgan fingerprint density at radius 1 is 1.53 bits per heavy atom. The fourth-order valence-electron chi connectivity index (χ4n) is 1.37. The maximum atomic E-state index is 11.7. The minimum atomic E-state index is -0.195. The van der Waals surface area contributed by atoms with Crippen molar-refractivity contribution in [3.05, 3.63) is 35.0 Å². The van der Waals surface area contributed by atoms with Crippen molar-refractivity contribution in [3.8, 4) is 0 Å². The van der Waals surface area contributed by atoms with Gasteiger partial charge in [-0.25, -0.2) is 0 Å². The minimum Gasteiger partial charge on any atom is -0.399 e. The number of nitrogens with two attached hydrogens (primary N) is 1. The standard InChI is InChI=1S/C12H12ClN3O2S/c1-7-4-12(18-16-7)15-11(17)6-19-10-5-8(14)2-3-9(10)13/h2-5H,6,14H2,1H3,(H,15,17). The van der Waals surface area contributed by atoms with Crippen LogP contribution in [-0.4, -0.2) is 16.8 Å². The third kappa shape index (κ3) is 3.90. The first-order valence-corrected chi connectivity index (χ1v) is 6.82. The summed E-state index contributed by atoms with van der Waals surface area (Å²) in [5, 5.41) is 6.86. The summed E-state index contributed by atoms with van der Waals surface area (Å²) >= 11 is 7.32. The van der Waals surface area contributed by atoms with E-state index in [1.54, 1.807) is 31.2 Å². The molecule has 5 nitrogen and oxygen atoms in total. The van der Waals surface area contributed by atoms with Crippen LogP contribution in [0.25, 0.3) is 0 Å². The predicted octanol–water partition coefficient (Wildman–Crippen LogP) is 2.95. The molecular weight excluding hydrogens is 286 g/mol. The molecule has 0 atom stereocenters. The zero-order valence-corrected chi connectivity index (χ0v) is 11.7. The summed E-state index contributed by atoms with van der Waals surface area (Å²) in [6.45, 7) is 1.78. The van der Waals surface area contributed by atoms with Gasteiger partial charge in [0.2, 0.25) is 11.8 Å². The number of nitrogen functional groups attached to an aromatic ring is 1. The van der Waals surface area contributed by atoms with Crippen LogP contribution < -0.4 is 11.1 Å². The second kappa shape index (κ2) is 5.99. The van der Waals surface area contributed by atoms with Crippen LogP contribution in [0, 0.1) is 6.92 Å². The van der Waals surface area contributed by atoms with Gasteiger partial charge in [0.1, 0.15) is 0 Å². The smallest absolute Gasteiger partial charge is 0.237 e. The van der Waals surface area contributed by atoms with Crippen LogP contribution in [-0.2, 0) is 4.79 Å². The number of carbonyl (C=O) groups is 1. The van der Waals surface area contributed by atoms with E-state index >= 15 is 0 Å². The molecule has 1 aromatic heterocycles. The van der Waals surface area contributed by atoms with Gasteiger partial charge < -0.3 is 10.3 Å². The van der Waals surface area contributed by atoms with Crippen LogP contribution in [0.5, 0.6) is 0 Å². The van der Waals surface area contributed by atoms with E-state index in [0.29, 0.717) is 22.3 Å². The van der Waals surface area contributed by atoms with Crippen molar-refractivity contribution in [2.24, 2.45) is 0 Å². The average Bonchev–Trinajstić information content (AvgIpc) is 2.76. The molecule has 100 valence electrons. The molecule has 0 aliphatic rings. The normalized spacial score (nSPS) is 10.4. The number of hydrogen-bond donors (Lipinski definition) is 2. The Kier molecular flexibility index (Phi) is 4.34. The van der Waals surface area contributed by atoms with Gasteiger partial charge in [0.05, 0.1) is 16.5 Å². The Hall–Kier alpha value is -1.66. The van der Waals surface area contributed by atoms with Crippen LogP contribution >= 0.6 is 23.4 Å². The van der Waals surface area contributed by atoms with Gasteiger partial charge in [0.25, 0.3) is 0 Å². The van der Waals surface area contributed by atoms with Crippen LogP contribution in [0.3, 0.4) is 0 Å². The molecule has 0 saturated carbocycles. The van der Waals surface area contributed by atoms with E-state index in [9.17, 15) is 4.79 Å². The van der Waals surface area contributed by atoms with Gasteiger partial charge in [-0.2, -0.15) is 0 Å². The average molecular weight is 298 g/mol. The Bertz CT molecular complexity index is 600. The molecule has 2 rings (SSSR count). The second-order valence-electron chi connectivity index (χ2n) is 3.86. The third-order valence-electron chi connectivity index (χ3n) is 2.20. The molecule has 0 aliphatic carbocycles. The molecule has 3 N–H and O–H groups in total. The maximum absolute atomic E-state index is 11.7. The third-order valence-corrected chi connectivity index (χ3v) is 3.70. The SMILES string of the molecule is Cc1cc(NC(=O)CSc2cc(N)ccc2Cl)on1. The van der Waals surface area contributed by atoms with Crippen molar-refractivity contribution in [2.45, 2.75) is 11.8 Å². The molecular formula is C12H12ClN3O2S. The van der Waals surface area contributed by atoms with E-state index in [1.807, 2.05) is 0 Å². The number of benzene rings is 1. The zero-order chi connectivity index (χ0) is 13.8. The summed E-state index contributed by atoms with van der Waals surface area (Å²) in [6, 6.07) is 6.80. The number of nitrogens with one attached hydrogen (secondary N) is 1. The predicted molar refractivity (Wildman–Crippen MR) is 76.5 cm³/mol. The van der Waals surface area contributed by atoms with Crippen molar-refractivity contribution in [1.82, 2.24) is 5.16 Å². The molecule has 0 saturated heterocycles. The molecule has 1 aromatic carbocycles. The highest BCUT2D eigenvalue weighted by atomic mass is 35.5. The van der Waals surface area contributed by atoms with Crippen molar-refractivity contribution >= 4 is 40.8 Å². The summed E-state index contributed by atoms with van der Waals surface area (Å²) in [6.07, 6.45) is 0. The highest BCUT2D eigenvalue weighted by molar-refractivity contribution is 8.00. The highest BCUT2D eigenvalue weighted by Gasteiger charge is 2.09. The summed E-state index contributed by atoms with van der Waals surface area (Å²) < 4.78 is 4.89. The van der Waals surface area contributed by atoms with E-state index in [1.165, 1.54) is 11.8 Å². The highest BCUT2D eigenvalue weighted by Crippen LogP contribution is 2.29. The monoisotopic (exact) mass is 297 g/mol. The quantitative estimate of drug-likeness (QED) is 0.670. The van der Waals surface area contributed by atoms with Crippen molar-refractivity contribution < 1.29 is 9.32 Å². The number of nitrogens with zero attached hydrogens (tertiary/aromatic N) is 1. The van der Waals surface area contributed by atoms with Crippen LogP contribution in [0.4, 0.5) is 11.6 Å². The van der Waals surface area contributed by atoms with Gasteiger partial charge in [-0.05, 0) is 25.1 Å². The number of hydrogen-bond acceptors (Lipinski definition) is 5. The van der Waals surface area contributed by atoms with Gasteiger partial charge in [-0.1, -0.05) is 16.8 Å². The molecule has 7 heteroatoms. The topological polar surface area (TPSA) is 81.2 Å².